The molecule has 5 heteroatoms. The van der Waals surface area contributed by atoms with Crippen molar-refractivity contribution in [1.82, 2.24) is 5.16 Å². The molecule has 0 saturated carbocycles. The molecule has 0 unspecified atom stereocenters. The molecule has 2 N–H and O–H groups in total. The van der Waals surface area contributed by atoms with E-state index < -0.39 is 0 Å². The highest BCUT2D eigenvalue weighted by atomic mass is 32.2. The Balaban J connectivity index is 2.60. The Bertz CT molecular complexity index is 474. The number of methoxy groups -OCH3 is 1. The molecular weight excluding hydrogens is 224 g/mol. The molecule has 0 amide bonds. The van der Waals surface area contributed by atoms with Gasteiger partial charge in [-0.2, -0.15) is 0 Å². The molecule has 16 heavy (non-hydrogen) atoms. The van der Waals surface area contributed by atoms with Crippen LogP contribution >= 0.6 is 11.8 Å². The summed E-state index contributed by atoms with van der Waals surface area (Å²) < 4.78 is 10.2. The first-order valence-corrected chi connectivity index (χ1v) is 5.92. The molecule has 0 aliphatic rings. The summed E-state index contributed by atoms with van der Waals surface area (Å²) in [5.74, 6) is 1.06. The fourth-order valence-corrected chi connectivity index (χ4v) is 2.13. The fourth-order valence-electron chi connectivity index (χ4n) is 1.51. The Kier molecular flexibility index (Phi) is 3.05. The molecule has 0 saturated heterocycles. The first-order valence-electron chi connectivity index (χ1n) is 4.70. The Labute approximate surface area is 97.8 Å². The molecule has 0 fully saturated rings. The number of hydrogen-bond donors (Lipinski definition) is 1. The summed E-state index contributed by atoms with van der Waals surface area (Å²) in [5.41, 5.74) is 7.13. The molecule has 1 heterocycles. The third kappa shape index (κ3) is 1.86. The van der Waals surface area contributed by atoms with Crippen molar-refractivity contribution in [2.24, 2.45) is 0 Å². The van der Waals surface area contributed by atoms with Crippen LogP contribution < -0.4 is 10.5 Å². The minimum atomic E-state index is 0.299. The lowest BCUT2D eigenvalue weighted by Crippen LogP contribution is -1.90. The van der Waals surface area contributed by atoms with Gasteiger partial charge in [-0.1, -0.05) is 11.2 Å². The molecule has 0 spiro atoms. The second-order valence-corrected chi connectivity index (χ2v) is 4.00. The van der Waals surface area contributed by atoms with Crippen molar-refractivity contribution in [3.63, 3.8) is 0 Å². The molecule has 0 atom stereocenters. The standard InChI is InChI=1S/C11H12N2O2S/c1-14-8-4-3-5-9(16-2)11(8)7-6-10(12)15-13-7/h3-6H,12H2,1-2H3. The van der Waals surface area contributed by atoms with Crippen molar-refractivity contribution >= 4 is 17.6 Å². The summed E-state index contributed by atoms with van der Waals surface area (Å²) in [6.07, 6.45) is 2.00. The van der Waals surface area contributed by atoms with Crippen molar-refractivity contribution in [2.75, 3.05) is 19.1 Å². The highest BCUT2D eigenvalue weighted by Gasteiger charge is 2.14. The maximum atomic E-state index is 5.52. The number of hydrogen-bond acceptors (Lipinski definition) is 5. The van der Waals surface area contributed by atoms with E-state index in [1.54, 1.807) is 24.9 Å². The number of anilines is 1. The maximum absolute atomic E-state index is 5.52. The highest BCUT2D eigenvalue weighted by molar-refractivity contribution is 7.98. The van der Waals surface area contributed by atoms with Crippen LogP contribution in [0, 0.1) is 0 Å². The van der Waals surface area contributed by atoms with Gasteiger partial charge in [0, 0.05) is 11.0 Å². The SMILES string of the molecule is COc1cccc(SC)c1-c1cc(N)on1. The van der Waals surface area contributed by atoms with E-state index in [0.717, 1.165) is 16.2 Å². The van der Waals surface area contributed by atoms with Crippen molar-refractivity contribution in [1.29, 1.82) is 0 Å². The number of nitrogens with two attached hydrogens (primary N) is 1. The average molecular weight is 236 g/mol. The van der Waals surface area contributed by atoms with Gasteiger partial charge >= 0.3 is 0 Å². The number of ether oxygens (including phenoxy) is 1. The molecular formula is C11H12N2O2S. The predicted octanol–water partition coefficient (Wildman–Crippen LogP) is 2.65. The number of nitrogens with zero attached hydrogens (tertiary/aromatic N) is 1. The Morgan fingerprint density at radius 1 is 1.44 bits per heavy atom. The van der Waals surface area contributed by atoms with E-state index in [4.69, 9.17) is 15.0 Å². The number of nitrogen functional groups attached to an aromatic ring is 1. The van der Waals surface area contributed by atoms with Gasteiger partial charge in [-0.25, -0.2) is 0 Å². The molecule has 0 aliphatic carbocycles. The third-order valence-corrected chi connectivity index (χ3v) is 2.99. The van der Waals surface area contributed by atoms with Crippen molar-refractivity contribution in [3.8, 4) is 17.0 Å². The summed E-state index contributed by atoms with van der Waals surface area (Å²) >= 11 is 1.63. The largest absolute Gasteiger partial charge is 0.496 e. The Morgan fingerprint density at radius 2 is 2.25 bits per heavy atom. The first kappa shape index (κ1) is 10.9. The van der Waals surface area contributed by atoms with Gasteiger partial charge in [0.15, 0.2) is 0 Å². The zero-order chi connectivity index (χ0) is 11.5. The summed E-state index contributed by atoms with van der Waals surface area (Å²) in [7, 11) is 1.63. The second-order valence-electron chi connectivity index (χ2n) is 3.15. The zero-order valence-corrected chi connectivity index (χ0v) is 9.88. The molecule has 0 radical (unpaired) electrons. The molecule has 84 valence electrons. The summed E-state index contributed by atoms with van der Waals surface area (Å²) in [5, 5.41) is 3.91. The van der Waals surface area contributed by atoms with Gasteiger partial charge in [0.25, 0.3) is 0 Å². The summed E-state index contributed by atoms with van der Waals surface area (Å²) in [4.78, 5) is 1.08. The highest BCUT2D eigenvalue weighted by Crippen LogP contribution is 2.37. The van der Waals surface area contributed by atoms with Crippen LogP contribution in [0.15, 0.2) is 33.7 Å². The lowest BCUT2D eigenvalue weighted by Gasteiger charge is -2.09. The molecule has 0 bridgehead atoms. The van der Waals surface area contributed by atoms with Crippen LogP contribution in [0.4, 0.5) is 5.88 Å². The predicted molar refractivity (Wildman–Crippen MR) is 64.7 cm³/mol. The van der Waals surface area contributed by atoms with Crippen LogP contribution in [0.5, 0.6) is 5.75 Å². The van der Waals surface area contributed by atoms with Crippen molar-refractivity contribution in [3.05, 3.63) is 24.3 Å². The Morgan fingerprint density at radius 3 is 2.81 bits per heavy atom. The van der Waals surface area contributed by atoms with Crippen LogP contribution in [-0.2, 0) is 0 Å². The van der Waals surface area contributed by atoms with Crippen LogP contribution in [0.3, 0.4) is 0 Å². The maximum Gasteiger partial charge on any atom is 0.222 e. The molecule has 4 nitrogen and oxygen atoms in total. The second kappa shape index (κ2) is 4.49. The summed E-state index contributed by atoms with van der Waals surface area (Å²) in [6, 6.07) is 7.53. The van der Waals surface area contributed by atoms with Gasteiger partial charge in [-0.15, -0.1) is 11.8 Å². The van der Waals surface area contributed by atoms with Crippen LogP contribution in [0.1, 0.15) is 0 Å². The van der Waals surface area contributed by atoms with E-state index in [1.165, 1.54) is 0 Å². The normalized spacial score (nSPS) is 10.4. The van der Waals surface area contributed by atoms with Crippen LogP contribution in [-0.4, -0.2) is 18.5 Å². The van der Waals surface area contributed by atoms with E-state index in [2.05, 4.69) is 5.16 Å². The number of thioether (sulfide) groups is 1. The van der Waals surface area contributed by atoms with Crippen molar-refractivity contribution in [2.45, 2.75) is 4.90 Å². The Hall–Kier alpha value is -1.62. The van der Waals surface area contributed by atoms with Gasteiger partial charge in [0.2, 0.25) is 5.88 Å². The van der Waals surface area contributed by atoms with Crippen LogP contribution in [0.25, 0.3) is 11.3 Å². The van der Waals surface area contributed by atoms with Crippen molar-refractivity contribution < 1.29 is 9.26 Å². The third-order valence-electron chi connectivity index (χ3n) is 2.21. The molecule has 1 aromatic heterocycles. The van der Waals surface area contributed by atoms with Gasteiger partial charge in [0.05, 0.1) is 12.7 Å². The molecule has 2 aromatic rings. The minimum absolute atomic E-state index is 0.299. The summed E-state index contributed by atoms with van der Waals surface area (Å²) in [6.45, 7) is 0. The number of benzene rings is 1. The van der Waals surface area contributed by atoms with E-state index >= 15 is 0 Å². The fraction of sp³-hybridized carbons (Fsp3) is 0.182. The van der Waals surface area contributed by atoms with Gasteiger partial charge < -0.3 is 15.0 Å². The number of rotatable bonds is 3. The van der Waals surface area contributed by atoms with E-state index in [0.29, 0.717) is 11.6 Å². The average Bonchev–Trinajstić information content (AvgIpc) is 2.74. The smallest absolute Gasteiger partial charge is 0.222 e. The first-order chi connectivity index (χ1) is 7.76. The van der Waals surface area contributed by atoms with E-state index in [9.17, 15) is 0 Å². The van der Waals surface area contributed by atoms with Gasteiger partial charge in [-0.3, -0.25) is 0 Å². The topological polar surface area (TPSA) is 61.3 Å². The van der Waals surface area contributed by atoms with E-state index in [-0.39, 0.29) is 0 Å². The minimum Gasteiger partial charge on any atom is -0.496 e. The van der Waals surface area contributed by atoms with Gasteiger partial charge in [-0.05, 0) is 18.4 Å². The molecule has 0 aliphatic heterocycles. The zero-order valence-electron chi connectivity index (χ0n) is 9.06. The lowest BCUT2D eigenvalue weighted by molar-refractivity contribution is 0.413. The number of aromatic nitrogens is 1. The quantitative estimate of drug-likeness (QED) is 0.830. The molecule has 2 rings (SSSR count). The molecule has 1 aromatic carbocycles. The lowest BCUT2D eigenvalue weighted by atomic mass is 10.1. The van der Waals surface area contributed by atoms with Gasteiger partial charge in [0.1, 0.15) is 11.4 Å². The van der Waals surface area contributed by atoms with E-state index in [1.807, 2.05) is 24.5 Å². The monoisotopic (exact) mass is 236 g/mol. The van der Waals surface area contributed by atoms with Crippen LogP contribution in [0.2, 0.25) is 0 Å².